The van der Waals surface area contributed by atoms with Gasteiger partial charge in [-0.25, -0.2) is 4.98 Å². The van der Waals surface area contributed by atoms with Gasteiger partial charge in [0.15, 0.2) is 5.76 Å². The number of rotatable bonds is 2. The van der Waals surface area contributed by atoms with Crippen LogP contribution in [-0.2, 0) is 7.05 Å². The molecule has 6 rings (SSSR count). The number of phenols is 1. The molecule has 152 valence electrons. The van der Waals surface area contributed by atoms with E-state index >= 15 is 0 Å². The van der Waals surface area contributed by atoms with Crippen LogP contribution in [0.3, 0.4) is 0 Å². The summed E-state index contributed by atoms with van der Waals surface area (Å²) in [5.41, 5.74) is 3.14. The van der Waals surface area contributed by atoms with Crippen LogP contribution in [0.5, 0.6) is 11.5 Å². The topological polar surface area (TPSA) is 70.8 Å². The van der Waals surface area contributed by atoms with Crippen molar-refractivity contribution in [3.05, 3.63) is 53.5 Å². The summed E-state index contributed by atoms with van der Waals surface area (Å²) in [6.45, 7) is 1.06. The van der Waals surface area contributed by atoms with Crippen LogP contribution in [0.25, 0.3) is 17.1 Å². The maximum atomic E-state index is 12.9. The Morgan fingerprint density at radius 2 is 2.10 bits per heavy atom. The largest absolute Gasteiger partial charge is 0.507 e. The van der Waals surface area contributed by atoms with E-state index in [1.165, 1.54) is 12.5 Å². The molecule has 3 aliphatic rings. The molecule has 1 aromatic carbocycles. The molecular weight excluding hydrogens is 380 g/mol. The molecule has 3 aromatic rings. The summed E-state index contributed by atoms with van der Waals surface area (Å²) in [4.78, 5) is 22.4. The average molecular weight is 402 g/mol. The number of hydrogen-bond donors (Lipinski definition) is 1. The van der Waals surface area contributed by atoms with Crippen LogP contribution in [0.4, 0.5) is 5.69 Å². The molecule has 0 aliphatic carbocycles. The Balaban J connectivity index is 1.50. The number of ketones is 1. The first-order valence-electron chi connectivity index (χ1n) is 10.2. The van der Waals surface area contributed by atoms with Crippen LogP contribution in [0, 0.1) is 0 Å². The summed E-state index contributed by atoms with van der Waals surface area (Å²) < 4.78 is 7.78. The number of aryl methyl sites for hydroxylation is 1. The molecule has 0 amide bonds. The molecule has 2 atom stereocenters. The van der Waals surface area contributed by atoms with Crippen molar-refractivity contribution >= 4 is 28.6 Å². The monoisotopic (exact) mass is 402 g/mol. The van der Waals surface area contributed by atoms with Gasteiger partial charge in [-0.1, -0.05) is 6.07 Å². The number of aromatic nitrogens is 2. The predicted molar refractivity (Wildman–Crippen MR) is 114 cm³/mol. The Morgan fingerprint density at radius 3 is 2.83 bits per heavy atom. The standard InChI is InChI=1S/C23H22N4O3/c1-25-12-14-6-7-19(25)27(14)15-8-9-24-23-20(15)13(11-26(23)2)10-18-22(29)21-16(28)4-3-5-17(21)30-18/h3-5,8-11,14,19,28H,6-7,12H2,1-2H3/b18-10-. The number of carbonyl (C=O) groups excluding carboxylic acids is 1. The van der Waals surface area contributed by atoms with Crippen molar-refractivity contribution in [3.8, 4) is 11.5 Å². The van der Waals surface area contributed by atoms with E-state index in [9.17, 15) is 9.90 Å². The van der Waals surface area contributed by atoms with E-state index in [4.69, 9.17) is 4.74 Å². The van der Waals surface area contributed by atoms with Crippen molar-refractivity contribution < 1.29 is 14.6 Å². The molecule has 2 fully saturated rings. The van der Waals surface area contributed by atoms with E-state index in [0.29, 0.717) is 18.0 Å². The number of likely N-dealkylation sites (N-methyl/N-ethyl adjacent to an activating group) is 1. The number of pyridine rings is 1. The number of likely N-dealkylation sites (tertiary alicyclic amines) is 1. The van der Waals surface area contributed by atoms with Crippen LogP contribution in [0.2, 0.25) is 0 Å². The zero-order valence-corrected chi connectivity index (χ0v) is 16.9. The first-order chi connectivity index (χ1) is 14.5. The third-order valence-electron chi connectivity index (χ3n) is 6.58. The van der Waals surface area contributed by atoms with E-state index in [2.05, 4.69) is 27.9 Å². The maximum absolute atomic E-state index is 12.9. The number of piperidine rings is 1. The minimum Gasteiger partial charge on any atom is -0.507 e. The molecule has 30 heavy (non-hydrogen) atoms. The lowest BCUT2D eigenvalue weighted by Crippen LogP contribution is -2.34. The third kappa shape index (κ3) is 2.29. The minimum atomic E-state index is -0.300. The Hall–Kier alpha value is -3.32. The van der Waals surface area contributed by atoms with Crippen molar-refractivity contribution in [3.63, 3.8) is 0 Å². The number of hydrogen-bond acceptors (Lipinski definition) is 6. The Labute approximate surface area is 173 Å². The van der Waals surface area contributed by atoms with Crippen molar-refractivity contribution in [1.82, 2.24) is 14.5 Å². The summed E-state index contributed by atoms with van der Waals surface area (Å²) in [6.07, 6.45) is 8.36. The number of Topliss-reactive ketones (excluding diaryl/α,β-unsaturated/α-hetero) is 1. The minimum absolute atomic E-state index is 0.0575. The van der Waals surface area contributed by atoms with E-state index in [1.54, 1.807) is 18.2 Å². The van der Waals surface area contributed by atoms with E-state index < -0.39 is 0 Å². The van der Waals surface area contributed by atoms with Gasteiger partial charge >= 0.3 is 0 Å². The molecule has 2 saturated heterocycles. The fourth-order valence-corrected chi connectivity index (χ4v) is 5.29. The Morgan fingerprint density at radius 1 is 1.23 bits per heavy atom. The van der Waals surface area contributed by atoms with Gasteiger partial charge in [0.05, 0.1) is 11.9 Å². The molecule has 1 N–H and O–H groups in total. The van der Waals surface area contributed by atoms with Crippen molar-refractivity contribution in [1.29, 1.82) is 0 Å². The van der Waals surface area contributed by atoms with Crippen LogP contribution in [0.1, 0.15) is 28.8 Å². The lowest BCUT2D eigenvalue weighted by Gasteiger charge is -2.26. The van der Waals surface area contributed by atoms with E-state index in [-0.39, 0.29) is 22.9 Å². The highest BCUT2D eigenvalue weighted by atomic mass is 16.5. The summed E-state index contributed by atoms with van der Waals surface area (Å²) in [7, 11) is 4.14. The van der Waals surface area contributed by atoms with Gasteiger partial charge in [0.25, 0.3) is 0 Å². The summed E-state index contributed by atoms with van der Waals surface area (Å²) in [5, 5.41) is 11.1. The summed E-state index contributed by atoms with van der Waals surface area (Å²) >= 11 is 0. The number of aromatic hydroxyl groups is 1. The van der Waals surface area contributed by atoms with Gasteiger partial charge in [0, 0.05) is 43.0 Å². The highest BCUT2D eigenvalue weighted by Crippen LogP contribution is 2.43. The number of nitrogens with zero attached hydrogens (tertiary/aromatic N) is 4. The first-order valence-corrected chi connectivity index (χ1v) is 10.2. The lowest BCUT2D eigenvalue weighted by molar-refractivity contribution is 0.101. The Kier molecular flexibility index (Phi) is 3.56. The van der Waals surface area contributed by atoms with Crippen molar-refractivity contribution in [2.45, 2.75) is 25.0 Å². The fraction of sp³-hybridized carbons (Fsp3) is 0.304. The van der Waals surface area contributed by atoms with E-state index in [0.717, 1.165) is 35.2 Å². The average Bonchev–Trinajstić information content (AvgIpc) is 3.45. The SMILES string of the molecule is CN1CC2CCC1N2c1ccnc2c1c(/C=C1\Oc3cccc(O)c3C1=O)cn2C. The quantitative estimate of drug-likeness (QED) is 0.664. The molecule has 0 saturated carbocycles. The number of anilines is 1. The van der Waals surface area contributed by atoms with Crippen molar-refractivity contribution in [2.24, 2.45) is 7.05 Å². The molecule has 7 heteroatoms. The van der Waals surface area contributed by atoms with Gasteiger partial charge in [-0.15, -0.1) is 0 Å². The molecule has 7 nitrogen and oxygen atoms in total. The smallest absolute Gasteiger partial charge is 0.235 e. The van der Waals surface area contributed by atoms with Crippen LogP contribution in [0.15, 0.2) is 42.4 Å². The van der Waals surface area contributed by atoms with Gasteiger partial charge in [0.2, 0.25) is 5.78 Å². The molecule has 3 aliphatic heterocycles. The molecule has 2 aromatic heterocycles. The third-order valence-corrected chi connectivity index (χ3v) is 6.58. The fourth-order valence-electron chi connectivity index (χ4n) is 5.29. The number of ether oxygens (including phenoxy) is 1. The summed E-state index contributed by atoms with van der Waals surface area (Å²) in [6, 6.07) is 7.44. The lowest BCUT2D eigenvalue weighted by atomic mass is 10.1. The Bertz CT molecular complexity index is 1240. The molecule has 0 radical (unpaired) electrons. The number of benzene rings is 1. The molecule has 5 heterocycles. The number of carbonyl (C=O) groups is 1. The van der Waals surface area contributed by atoms with Crippen LogP contribution < -0.4 is 9.64 Å². The highest BCUT2D eigenvalue weighted by molar-refractivity contribution is 6.17. The molecule has 0 spiro atoms. The van der Waals surface area contributed by atoms with Crippen LogP contribution >= 0.6 is 0 Å². The second kappa shape index (κ2) is 6.09. The van der Waals surface area contributed by atoms with Crippen molar-refractivity contribution in [2.75, 3.05) is 18.5 Å². The first kappa shape index (κ1) is 17.5. The predicted octanol–water partition coefficient (Wildman–Crippen LogP) is 3.14. The number of phenolic OH excluding ortho intramolecular Hbond substituents is 1. The van der Waals surface area contributed by atoms with Crippen LogP contribution in [-0.4, -0.2) is 51.1 Å². The maximum Gasteiger partial charge on any atom is 0.235 e. The second-order valence-electron chi connectivity index (χ2n) is 8.37. The number of allylic oxidation sites excluding steroid dienone is 1. The summed E-state index contributed by atoms with van der Waals surface area (Å²) in [5.74, 6) is 0.253. The molecule has 2 bridgehead atoms. The second-order valence-corrected chi connectivity index (χ2v) is 8.37. The van der Waals surface area contributed by atoms with Gasteiger partial charge in [0.1, 0.15) is 22.7 Å². The molecule has 2 unspecified atom stereocenters. The zero-order valence-electron chi connectivity index (χ0n) is 16.9. The highest BCUT2D eigenvalue weighted by Gasteiger charge is 2.44. The van der Waals surface area contributed by atoms with Gasteiger partial charge in [-0.3, -0.25) is 9.69 Å². The van der Waals surface area contributed by atoms with E-state index in [1.807, 2.05) is 24.0 Å². The number of fused-ring (bicyclic) bond motifs is 4. The van der Waals surface area contributed by atoms with Gasteiger partial charge < -0.3 is 19.3 Å². The normalized spacial score (nSPS) is 24.3. The molecular formula is C23H22N4O3. The van der Waals surface area contributed by atoms with Gasteiger partial charge in [-0.2, -0.15) is 0 Å². The zero-order chi connectivity index (χ0) is 20.6. The van der Waals surface area contributed by atoms with Gasteiger partial charge in [-0.05, 0) is 44.2 Å².